The number of nitrogens with zero attached hydrogens (tertiary/aromatic N) is 1. The zero-order valence-corrected chi connectivity index (χ0v) is 13.0. The van der Waals surface area contributed by atoms with E-state index in [0.717, 1.165) is 13.1 Å². The monoisotopic (exact) mass is 271 g/mol. The van der Waals surface area contributed by atoms with Gasteiger partial charge in [0.1, 0.15) is 0 Å². The Morgan fingerprint density at radius 1 is 1.05 bits per heavy atom. The minimum atomic E-state index is 1.07. The molecule has 0 bridgehead atoms. The number of benzene rings is 1. The van der Waals surface area contributed by atoms with Crippen molar-refractivity contribution in [3.63, 3.8) is 0 Å². The van der Waals surface area contributed by atoms with Crippen molar-refractivity contribution in [3.05, 3.63) is 50.9 Å². The first-order valence-electron chi connectivity index (χ1n) is 6.96. The number of anilines is 1. The van der Waals surface area contributed by atoms with E-state index in [-0.39, 0.29) is 0 Å². The Hall–Kier alpha value is -1.28. The van der Waals surface area contributed by atoms with Gasteiger partial charge in [-0.3, -0.25) is 0 Å². The quantitative estimate of drug-likeness (QED) is 0.736. The predicted molar refractivity (Wildman–Crippen MR) is 84.5 cm³/mol. The average molecular weight is 271 g/mol. The van der Waals surface area contributed by atoms with E-state index in [4.69, 9.17) is 0 Å². The smallest absolute Gasteiger partial charge is 0.0914 e. The Labute approximate surface area is 119 Å². The molecule has 1 nitrogen and oxygen atoms in total. The lowest BCUT2D eigenvalue weighted by molar-refractivity contribution is 0.731. The maximum atomic E-state index is 2.52. The largest absolute Gasteiger partial charge is 0.359 e. The molecule has 0 aliphatic carbocycles. The van der Waals surface area contributed by atoms with E-state index >= 15 is 0 Å². The lowest BCUT2D eigenvalue weighted by atomic mass is 9.89. The molecule has 0 N–H and O–H groups in total. The van der Waals surface area contributed by atoms with Crippen molar-refractivity contribution in [1.82, 2.24) is 0 Å². The van der Waals surface area contributed by atoms with E-state index in [1.165, 1.54) is 38.6 Å². The summed E-state index contributed by atoms with van der Waals surface area (Å²) in [6, 6.07) is 6.88. The summed E-state index contributed by atoms with van der Waals surface area (Å²) in [5.41, 5.74) is 7.53. The van der Waals surface area contributed by atoms with Gasteiger partial charge in [0.25, 0.3) is 0 Å². The maximum Gasteiger partial charge on any atom is 0.0914 e. The van der Waals surface area contributed by atoms with Gasteiger partial charge in [0.2, 0.25) is 0 Å². The molecule has 2 heteroatoms. The van der Waals surface area contributed by atoms with E-state index in [0.29, 0.717) is 0 Å². The van der Waals surface area contributed by atoms with Crippen LogP contribution in [-0.4, -0.2) is 6.54 Å². The Bertz CT molecular complexity index is 624. The first-order chi connectivity index (χ1) is 9.06. The number of aryl methyl sites for hydroxylation is 2. The number of hydrogen-bond acceptors (Lipinski definition) is 2. The number of fused-ring (bicyclic) bond motifs is 1. The van der Waals surface area contributed by atoms with Crippen LogP contribution in [0.15, 0.2) is 18.2 Å². The van der Waals surface area contributed by atoms with Crippen molar-refractivity contribution in [2.24, 2.45) is 0 Å². The Balaban J connectivity index is 1.96. The van der Waals surface area contributed by atoms with E-state index in [1.54, 1.807) is 5.56 Å². The summed E-state index contributed by atoms with van der Waals surface area (Å²) in [5, 5.41) is 1.42. The lowest BCUT2D eigenvalue weighted by Gasteiger charge is -2.31. The summed E-state index contributed by atoms with van der Waals surface area (Å²) in [4.78, 5) is 3.92. The van der Waals surface area contributed by atoms with Crippen LogP contribution in [0.2, 0.25) is 0 Å². The number of thiophene rings is 1. The van der Waals surface area contributed by atoms with E-state index in [2.05, 4.69) is 50.8 Å². The molecule has 0 atom stereocenters. The zero-order valence-electron chi connectivity index (χ0n) is 12.2. The highest BCUT2D eigenvalue weighted by Crippen LogP contribution is 2.32. The molecular formula is C17H21NS. The Morgan fingerprint density at radius 2 is 1.84 bits per heavy atom. The fourth-order valence-corrected chi connectivity index (χ4v) is 3.91. The third-order valence-electron chi connectivity index (χ3n) is 4.42. The van der Waals surface area contributed by atoms with Crippen LogP contribution >= 0.6 is 11.3 Å². The number of hydrogen-bond donors (Lipinski definition) is 0. The summed E-state index contributed by atoms with van der Waals surface area (Å²) >= 11 is 1.91. The summed E-state index contributed by atoms with van der Waals surface area (Å²) in [6.45, 7) is 11.2. The van der Waals surface area contributed by atoms with Gasteiger partial charge in [0, 0.05) is 18.0 Å². The van der Waals surface area contributed by atoms with E-state index in [9.17, 15) is 0 Å². The van der Waals surface area contributed by atoms with Gasteiger partial charge in [-0.25, -0.2) is 0 Å². The van der Waals surface area contributed by atoms with E-state index in [1.807, 2.05) is 11.3 Å². The van der Waals surface area contributed by atoms with Crippen LogP contribution in [0.25, 0.3) is 0 Å². The van der Waals surface area contributed by atoms with Crippen LogP contribution in [0.5, 0.6) is 0 Å². The maximum absolute atomic E-state index is 2.52. The molecule has 3 rings (SSSR count). The molecule has 1 aliphatic rings. The summed E-state index contributed by atoms with van der Waals surface area (Å²) in [6.07, 6.45) is 1.18. The Morgan fingerprint density at radius 3 is 2.53 bits per heavy atom. The molecule has 0 unspecified atom stereocenters. The van der Waals surface area contributed by atoms with Crippen LogP contribution in [0, 0.1) is 27.7 Å². The van der Waals surface area contributed by atoms with Crippen LogP contribution in [0.3, 0.4) is 0 Å². The molecule has 0 spiro atoms. The second-order valence-electron chi connectivity index (χ2n) is 5.64. The molecule has 100 valence electrons. The predicted octanol–water partition coefficient (Wildman–Crippen LogP) is 4.54. The summed E-state index contributed by atoms with van der Waals surface area (Å²) in [5.74, 6) is 0. The van der Waals surface area contributed by atoms with Gasteiger partial charge in [-0.05, 0) is 74.1 Å². The van der Waals surface area contributed by atoms with Crippen molar-refractivity contribution < 1.29 is 0 Å². The molecule has 0 fully saturated rings. The summed E-state index contributed by atoms with van der Waals surface area (Å²) < 4.78 is 0. The Kier molecular flexibility index (Phi) is 3.14. The molecule has 2 aromatic rings. The average Bonchev–Trinajstić information content (AvgIpc) is 2.82. The van der Waals surface area contributed by atoms with Gasteiger partial charge in [0.05, 0.1) is 5.00 Å². The minimum Gasteiger partial charge on any atom is -0.359 e. The molecule has 0 amide bonds. The molecule has 0 saturated heterocycles. The molecule has 1 aliphatic heterocycles. The third kappa shape index (κ3) is 2.18. The normalized spacial score (nSPS) is 14.6. The highest BCUT2D eigenvalue weighted by Gasteiger charge is 2.20. The van der Waals surface area contributed by atoms with Crippen molar-refractivity contribution in [3.8, 4) is 0 Å². The van der Waals surface area contributed by atoms with E-state index < -0.39 is 0 Å². The SMILES string of the molecule is Cc1ccc(N2CCc3c(cc(C)c(C)c3C)C2)s1. The first-order valence-corrected chi connectivity index (χ1v) is 7.78. The van der Waals surface area contributed by atoms with Gasteiger partial charge in [-0.15, -0.1) is 11.3 Å². The molecule has 0 saturated carbocycles. The van der Waals surface area contributed by atoms with Crippen molar-refractivity contribution >= 4 is 16.3 Å². The topological polar surface area (TPSA) is 3.24 Å². The highest BCUT2D eigenvalue weighted by molar-refractivity contribution is 7.16. The van der Waals surface area contributed by atoms with Crippen molar-refractivity contribution in [2.45, 2.75) is 40.7 Å². The molecule has 1 aromatic heterocycles. The van der Waals surface area contributed by atoms with Gasteiger partial charge < -0.3 is 4.90 Å². The minimum absolute atomic E-state index is 1.07. The van der Waals surface area contributed by atoms with Crippen LogP contribution in [0.1, 0.15) is 32.7 Å². The van der Waals surface area contributed by atoms with Gasteiger partial charge in [0.15, 0.2) is 0 Å². The zero-order chi connectivity index (χ0) is 13.6. The van der Waals surface area contributed by atoms with Crippen molar-refractivity contribution in [2.75, 3.05) is 11.4 Å². The molecule has 2 heterocycles. The molecule has 0 radical (unpaired) electrons. The lowest BCUT2D eigenvalue weighted by Crippen LogP contribution is -2.30. The highest BCUT2D eigenvalue weighted by atomic mass is 32.1. The second-order valence-corrected chi connectivity index (χ2v) is 6.90. The van der Waals surface area contributed by atoms with Gasteiger partial charge in [-0.1, -0.05) is 6.07 Å². The fraction of sp³-hybridized carbons (Fsp3) is 0.412. The molecular weight excluding hydrogens is 250 g/mol. The standard InChI is InChI=1S/C17H21NS/c1-11-9-15-10-18(17-6-5-12(2)19-17)8-7-16(15)14(4)13(11)3/h5-6,9H,7-8,10H2,1-4H3. The number of rotatable bonds is 1. The van der Waals surface area contributed by atoms with Crippen LogP contribution in [0.4, 0.5) is 5.00 Å². The van der Waals surface area contributed by atoms with Crippen LogP contribution < -0.4 is 4.90 Å². The molecule has 19 heavy (non-hydrogen) atoms. The van der Waals surface area contributed by atoms with Gasteiger partial charge in [-0.2, -0.15) is 0 Å². The first kappa shape index (κ1) is 12.7. The van der Waals surface area contributed by atoms with Gasteiger partial charge >= 0.3 is 0 Å². The third-order valence-corrected chi connectivity index (χ3v) is 5.48. The summed E-state index contributed by atoms with van der Waals surface area (Å²) in [7, 11) is 0. The van der Waals surface area contributed by atoms with Crippen molar-refractivity contribution in [1.29, 1.82) is 0 Å². The fourth-order valence-electron chi connectivity index (χ4n) is 3.02. The van der Waals surface area contributed by atoms with Crippen LogP contribution in [-0.2, 0) is 13.0 Å². The second kappa shape index (κ2) is 4.68. The molecule has 1 aromatic carbocycles.